The van der Waals surface area contributed by atoms with Crippen LogP contribution in [0.3, 0.4) is 0 Å². The topological polar surface area (TPSA) is 119 Å². The number of nitrogens with zero attached hydrogens (tertiary/aromatic N) is 3. The number of benzene rings is 1. The fourth-order valence-electron chi connectivity index (χ4n) is 4.48. The number of ketones is 1. The van der Waals surface area contributed by atoms with Crippen molar-refractivity contribution in [1.82, 2.24) is 9.97 Å². The van der Waals surface area contributed by atoms with Crippen molar-refractivity contribution in [2.45, 2.75) is 32.4 Å². The van der Waals surface area contributed by atoms with E-state index in [1.807, 2.05) is 6.92 Å². The van der Waals surface area contributed by atoms with Crippen molar-refractivity contribution < 1.29 is 29.0 Å². The smallest absolute Gasteiger partial charge is 0.350 e. The van der Waals surface area contributed by atoms with Gasteiger partial charge in [0.05, 0.1) is 17.3 Å². The number of hydrogen-bond donors (Lipinski definition) is 1. The van der Waals surface area contributed by atoms with Gasteiger partial charge < -0.3 is 14.6 Å². The number of amides is 1. The maximum Gasteiger partial charge on any atom is 0.350 e. The number of thiazole rings is 1. The van der Waals surface area contributed by atoms with E-state index in [0.29, 0.717) is 23.2 Å². The molecule has 2 aromatic heterocycles. The average molecular weight is 518 g/mol. The number of aliphatic hydroxyl groups is 1. The molecule has 5 rings (SSSR count). The first-order chi connectivity index (χ1) is 17.8. The van der Waals surface area contributed by atoms with Crippen molar-refractivity contribution in [1.29, 1.82) is 0 Å². The van der Waals surface area contributed by atoms with Gasteiger partial charge in [-0.2, -0.15) is 0 Å². The number of carbonyl (C=O) groups excluding carboxylic acids is 3. The van der Waals surface area contributed by atoms with Gasteiger partial charge in [-0.05, 0) is 49.2 Å². The summed E-state index contributed by atoms with van der Waals surface area (Å²) in [6.07, 6.45) is 5.21. The molecule has 1 aromatic carbocycles. The first-order valence-corrected chi connectivity index (χ1v) is 12.4. The fraction of sp³-hybridized carbons (Fsp3) is 0.222. The van der Waals surface area contributed by atoms with Gasteiger partial charge in [-0.25, -0.2) is 9.78 Å². The molecule has 0 unspecified atom stereocenters. The van der Waals surface area contributed by atoms with E-state index in [9.17, 15) is 19.5 Å². The van der Waals surface area contributed by atoms with Gasteiger partial charge in [-0.15, -0.1) is 0 Å². The minimum absolute atomic E-state index is 0.00822. The molecule has 188 valence electrons. The number of fused-ring (bicyclic) bond motifs is 1. The number of aryl methyl sites for hydroxylation is 1. The van der Waals surface area contributed by atoms with Crippen LogP contribution in [0.1, 0.15) is 45.0 Å². The number of aromatic nitrogens is 2. The quantitative estimate of drug-likeness (QED) is 0.170. The van der Waals surface area contributed by atoms with Crippen LogP contribution in [0.15, 0.2) is 61.0 Å². The first kappa shape index (κ1) is 24.4. The number of Topliss-reactive ketones (excluding diaryl/α,β-unsaturated/α-hetero) is 1. The lowest BCUT2D eigenvalue weighted by Gasteiger charge is -2.22. The Morgan fingerprint density at radius 2 is 2.16 bits per heavy atom. The van der Waals surface area contributed by atoms with Gasteiger partial charge in [-0.1, -0.05) is 30.1 Å². The maximum absolute atomic E-state index is 13.4. The largest absolute Gasteiger partial charge is 0.507 e. The predicted molar refractivity (Wildman–Crippen MR) is 137 cm³/mol. The Labute approximate surface area is 216 Å². The van der Waals surface area contributed by atoms with Gasteiger partial charge in [0.15, 0.2) is 5.13 Å². The summed E-state index contributed by atoms with van der Waals surface area (Å²) in [5.74, 6) is -1.92. The molecule has 37 heavy (non-hydrogen) atoms. The third kappa shape index (κ3) is 4.29. The molecule has 3 aromatic rings. The summed E-state index contributed by atoms with van der Waals surface area (Å²) in [6.45, 7) is 7.12. The van der Waals surface area contributed by atoms with E-state index in [4.69, 9.17) is 9.47 Å². The lowest BCUT2D eigenvalue weighted by Crippen LogP contribution is -2.29. The van der Waals surface area contributed by atoms with Crippen molar-refractivity contribution in [3.05, 3.63) is 88.2 Å². The molecule has 0 bridgehead atoms. The van der Waals surface area contributed by atoms with Crippen LogP contribution in [-0.4, -0.2) is 45.4 Å². The van der Waals surface area contributed by atoms with Crippen molar-refractivity contribution >= 4 is 39.9 Å². The van der Waals surface area contributed by atoms with Crippen LogP contribution in [0.4, 0.5) is 5.13 Å². The van der Waals surface area contributed by atoms with Crippen LogP contribution in [0.2, 0.25) is 0 Å². The van der Waals surface area contributed by atoms with Gasteiger partial charge in [0, 0.05) is 24.4 Å². The number of pyridine rings is 1. The molecule has 9 nitrogen and oxygen atoms in total. The number of carbonyl (C=O) groups is 3. The molecule has 2 aliphatic rings. The molecule has 0 spiro atoms. The lowest BCUT2D eigenvalue weighted by atomic mass is 9.95. The summed E-state index contributed by atoms with van der Waals surface area (Å²) in [6, 6.07) is 7.55. The SMILES string of the molecule is C=CCOC(=O)c1sc(N2C(=O)C(=O)C(=C(O)c3ccc4c(c3)C[C@H](C)O4)[C@@H]2c2cccnc2)nc1C. The molecule has 1 amide bonds. The van der Waals surface area contributed by atoms with Crippen LogP contribution >= 0.6 is 11.3 Å². The highest BCUT2D eigenvalue weighted by Gasteiger charge is 2.48. The van der Waals surface area contributed by atoms with Crippen molar-refractivity contribution in [2.24, 2.45) is 0 Å². The minimum Gasteiger partial charge on any atom is -0.507 e. The Bertz CT molecular complexity index is 1460. The number of hydrogen-bond acceptors (Lipinski definition) is 9. The second kappa shape index (κ2) is 9.62. The second-order valence-electron chi connectivity index (χ2n) is 8.71. The summed E-state index contributed by atoms with van der Waals surface area (Å²) in [5.41, 5.74) is 2.07. The first-order valence-electron chi connectivity index (χ1n) is 11.6. The molecule has 4 heterocycles. The summed E-state index contributed by atoms with van der Waals surface area (Å²) in [5, 5.41) is 11.5. The van der Waals surface area contributed by atoms with Crippen molar-refractivity contribution in [3.8, 4) is 5.75 Å². The molecule has 2 atom stereocenters. The lowest BCUT2D eigenvalue weighted by molar-refractivity contribution is -0.132. The molecule has 1 N–H and O–H groups in total. The average Bonchev–Trinajstić information content (AvgIpc) is 3.54. The van der Waals surface area contributed by atoms with Gasteiger partial charge in [0.25, 0.3) is 5.78 Å². The number of esters is 1. The molecule has 0 saturated carbocycles. The molecule has 10 heteroatoms. The molecular formula is C27H23N3O6S. The highest BCUT2D eigenvalue weighted by molar-refractivity contribution is 7.17. The van der Waals surface area contributed by atoms with Crippen molar-refractivity contribution in [3.63, 3.8) is 0 Å². The fourth-order valence-corrected chi connectivity index (χ4v) is 5.47. The Morgan fingerprint density at radius 1 is 1.35 bits per heavy atom. The highest BCUT2D eigenvalue weighted by atomic mass is 32.1. The van der Waals surface area contributed by atoms with Crippen LogP contribution in [0, 0.1) is 6.92 Å². The standard InChI is InChI=1S/C27H23N3O6S/c1-4-10-35-26(34)24-15(3)29-27(37-24)30-21(17-6-5-9-28-13-17)20(23(32)25(30)33)22(31)16-7-8-19-18(12-16)11-14(2)36-19/h4-9,12-14,21,31H,1,10-11H2,2-3H3/t14-,21-/m0/s1. The van der Waals surface area contributed by atoms with Gasteiger partial charge in [0.2, 0.25) is 0 Å². The zero-order valence-corrected chi connectivity index (χ0v) is 20.9. The molecule has 1 saturated heterocycles. The normalized spacial score (nSPS) is 20.0. The summed E-state index contributed by atoms with van der Waals surface area (Å²) >= 11 is 0.937. The molecule has 1 fully saturated rings. The van der Waals surface area contributed by atoms with E-state index in [1.165, 1.54) is 17.2 Å². The monoisotopic (exact) mass is 517 g/mol. The van der Waals surface area contributed by atoms with Crippen LogP contribution in [-0.2, 0) is 20.7 Å². The summed E-state index contributed by atoms with van der Waals surface area (Å²) < 4.78 is 10.9. The van der Waals surface area contributed by atoms with E-state index in [1.54, 1.807) is 43.5 Å². The second-order valence-corrected chi connectivity index (χ2v) is 9.69. The molecule has 0 aliphatic carbocycles. The van der Waals surface area contributed by atoms with E-state index in [0.717, 1.165) is 22.6 Å². The number of anilines is 1. The van der Waals surface area contributed by atoms with Gasteiger partial charge >= 0.3 is 11.9 Å². The maximum atomic E-state index is 13.4. The van der Waals surface area contributed by atoms with Crippen LogP contribution in [0.5, 0.6) is 5.75 Å². The zero-order valence-electron chi connectivity index (χ0n) is 20.1. The minimum atomic E-state index is -1.00. The Balaban J connectivity index is 1.63. The van der Waals surface area contributed by atoms with E-state index >= 15 is 0 Å². The molecule has 0 radical (unpaired) electrons. The van der Waals surface area contributed by atoms with Crippen LogP contribution < -0.4 is 9.64 Å². The Morgan fingerprint density at radius 3 is 2.89 bits per heavy atom. The summed E-state index contributed by atoms with van der Waals surface area (Å²) in [4.78, 5) is 49.2. The van der Waals surface area contributed by atoms with E-state index in [-0.39, 0.29) is 34.1 Å². The molecular weight excluding hydrogens is 494 g/mol. The van der Waals surface area contributed by atoms with E-state index in [2.05, 4.69) is 16.5 Å². The zero-order chi connectivity index (χ0) is 26.3. The number of rotatable bonds is 6. The third-order valence-electron chi connectivity index (χ3n) is 6.12. The Kier molecular flexibility index (Phi) is 6.34. The van der Waals surface area contributed by atoms with Gasteiger partial charge in [-0.3, -0.25) is 19.5 Å². The van der Waals surface area contributed by atoms with Gasteiger partial charge in [0.1, 0.15) is 29.1 Å². The highest BCUT2D eigenvalue weighted by Crippen LogP contribution is 2.44. The summed E-state index contributed by atoms with van der Waals surface area (Å²) in [7, 11) is 0. The molecule has 2 aliphatic heterocycles. The third-order valence-corrected chi connectivity index (χ3v) is 7.26. The van der Waals surface area contributed by atoms with Crippen molar-refractivity contribution in [2.75, 3.05) is 11.5 Å². The van der Waals surface area contributed by atoms with Crippen LogP contribution in [0.25, 0.3) is 5.76 Å². The number of aliphatic hydroxyl groups excluding tert-OH is 1. The van der Waals surface area contributed by atoms with E-state index < -0.39 is 23.7 Å². The number of ether oxygens (including phenoxy) is 2. The Hall–Kier alpha value is -4.31. The predicted octanol–water partition coefficient (Wildman–Crippen LogP) is 4.14.